The van der Waals surface area contributed by atoms with E-state index in [1.165, 1.54) is 0 Å². The summed E-state index contributed by atoms with van der Waals surface area (Å²) in [5, 5.41) is 1.07. The Kier molecular flexibility index (Phi) is 6.38. The number of carbonyl (C=O) groups is 1. The lowest BCUT2D eigenvalue weighted by Crippen LogP contribution is -2.41. The van der Waals surface area contributed by atoms with Gasteiger partial charge in [-0.25, -0.2) is 0 Å². The number of halogens is 3. The Balaban J connectivity index is 2.43. The second-order valence-corrected chi connectivity index (χ2v) is 8.25. The summed E-state index contributed by atoms with van der Waals surface area (Å²) in [6, 6.07) is 3.24. The monoisotopic (exact) mass is 406 g/mol. The lowest BCUT2D eigenvalue weighted by atomic mass is 9.66. The predicted molar refractivity (Wildman–Crippen MR) is 102 cm³/mol. The van der Waals surface area contributed by atoms with Crippen LogP contribution in [0.2, 0.25) is 15.1 Å². The van der Waals surface area contributed by atoms with Crippen molar-refractivity contribution in [2.75, 3.05) is 6.61 Å². The zero-order valence-electron chi connectivity index (χ0n) is 15.0. The van der Waals surface area contributed by atoms with E-state index in [0.717, 1.165) is 0 Å². The van der Waals surface area contributed by atoms with Crippen LogP contribution < -0.4 is 0 Å². The van der Waals surface area contributed by atoms with Crippen molar-refractivity contribution in [3.05, 3.63) is 32.8 Å². The molecular formula is C17H22BCl3O4. The van der Waals surface area contributed by atoms with E-state index in [1.54, 1.807) is 19.1 Å². The summed E-state index contributed by atoms with van der Waals surface area (Å²) in [6.45, 7) is 9.83. The minimum Gasteiger partial charge on any atom is -0.466 e. The topological polar surface area (TPSA) is 44.8 Å². The molecule has 1 heterocycles. The van der Waals surface area contributed by atoms with Crippen molar-refractivity contribution in [3.8, 4) is 0 Å². The molecule has 0 aliphatic carbocycles. The molecule has 1 aromatic rings. The second kappa shape index (κ2) is 7.65. The minimum absolute atomic E-state index is 0.0427. The Morgan fingerprint density at radius 3 is 2.24 bits per heavy atom. The van der Waals surface area contributed by atoms with Crippen molar-refractivity contribution in [1.82, 2.24) is 0 Å². The number of rotatable bonds is 5. The summed E-state index contributed by atoms with van der Waals surface area (Å²) >= 11 is 18.7. The van der Waals surface area contributed by atoms with Crippen LogP contribution >= 0.6 is 34.8 Å². The number of hydrogen-bond acceptors (Lipinski definition) is 4. The number of esters is 1. The van der Waals surface area contributed by atoms with E-state index >= 15 is 0 Å². The highest BCUT2D eigenvalue weighted by atomic mass is 35.5. The van der Waals surface area contributed by atoms with Crippen molar-refractivity contribution in [2.24, 2.45) is 0 Å². The summed E-state index contributed by atoms with van der Waals surface area (Å²) in [5.41, 5.74) is -0.482. The van der Waals surface area contributed by atoms with Crippen LogP contribution in [0.5, 0.6) is 0 Å². The molecule has 0 amide bonds. The molecule has 8 heteroatoms. The Hall–Kier alpha value is -0.455. The Morgan fingerprint density at radius 2 is 1.72 bits per heavy atom. The van der Waals surface area contributed by atoms with Crippen LogP contribution in [-0.4, -0.2) is 30.9 Å². The van der Waals surface area contributed by atoms with Crippen molar-refractivity contribution in [1.29, 1.82) is 0 Å². The fourth-order valence-corrected chi connectivity index (χ4v) is 3.41. The van der Waals surface area contributed by atoms with E-state index in [0.29, 0.717) is 27.2 Å². The molecule has 1 atom stereocenters. The van der Waals surface area contributed by atoms with Gasteiger partial charge in [-0.1, -0.05) is 34.8 Å². The van der Waals surface area contributed by atoms with E-state index in [2.05, 4.69) is 0 Å². The number of ether oxygens (including phenoxy) is 1. The SMILES string of the molecule is CCOC(=O)CC(B1OC(C)(C)C(C)(C)O1)c1cc(Cl)cc(Cl)c1Cl. The Morgan fingerprint density at radius 1 is 1.16 bits per heavy atom. The first kappa shape index (κ1) is 20.9. The van der Waals surface area contributed by atoms with Crippen LogP contribution in [0.3, 0.4) is 0 Å². The summed E-state index contributed by atoms with van der Waals surface area (Å²) in [5.74, 6) is -0.863. The molecule has 138 valence electrons. The third-order valence-electron chi connectivity index (χ3n) is 4.71. The van der Waals surface area contributed by atoms with Crippen LogP contribution in [0.15, 0.2) is 12.1 Å². The highest BCUT2D eigenvalue weighted by Gasteiger charge is 2.54. The van der Waals surface area contributed by atoms with Gasteiger partial charge in [0, 0.05) is 10.8 Å². The third kappa shape index (κ3) is 4.45. The van der Waals surface area contributed by atoms with Gasteiger partial charge in [0.05, 0.1) is 34.3 Å². The summed E-state index contributed by atoms with van der Waals surface area (Å²) in [7, 11) is -0.679. The van der Waals surface area contributed by atoms with E-state index in [1.807, 2.05) is 27.7 Å². The molecule has 2 rings (SSSR count). The molecule has 0 radical (unpaired) electrons. The maximum atomic E-state index is 12.1. The van der Waals surface area contributed by atoms with Gasteiger partial charge < -0.3 is 14.0 Å². The standard InChI is InChI=1S/C17H22BCl3O4/c1-6-23-14(22)9-12(11-7-10(19)8-13(20)15(11)21)18-24-16(2,3)17(4,5)25-18/h7-8,12H,6,9H2,1-5H3. The zero-order chi connectivity index (χ0) is 19.0. The first-order chi connectivity index (χ1) is 11.5. The molecule has 0 saturated carbocycles. The maximum Gasteiger partial charge on any atom is 0.466 e. The zero-order valence-corrected chi connectivity index (χ0v) is 17.3. The molecule has 1 aromatic carbocycles. The van der Waals surface area contributed by atoms with Crippen LogP contribution in [0, 0.1) is 0 Å². The molecule has 1 aliphatic heterocycles. The van der Waals surface area contributed by atoms with Gasteiger partial charge in [0.1, 0.15) is 0 Å². The van der Waals surface area contributed by atoms with Crippen LogP contribution in [-0.2, 0) is 18.8 Å². The predicted octanol–water partition coefficient (Wildman–Crippen LogP) is 5.32. The van der Waals surface area contributed by atoms with Crippen LogP contribution in [0.4, 0.5) is 0 Å². The van der Waals surface area contributed by atoms with Gasteiger partial charge >= 0.3 is 13.1 Å². The van der Waals surface area contributed by atoms with E-state index in [9.17, 15) is 4.79 Å². The van der Waals surface area contributed by atoms with Gasteiger partial charge in [-0.15, -0.1) is 0 Å². The van der Waals surface area contributed by atoms with E-state index in [-0.39, 0.29) is 12.4 Å². The van der Waals surface area contributed by atoms with Gasteiger partial charge in [0.2, 0.25) is 0 Å². The quantitative estimate of drug-likeness (QED) is 0.377. The fourth-order valence-electron chi connectivity index (χ4n) is 2.65. The lowest BCUT2D eigenvalue weighted by molar-refractivity contribution is -0.143. The minimum atomic E-state index is -0.679. The molecule has 0 spiro atoms. The highest BCUT2D eigenvalue weighted by molar-refractivity contribution is 6.50. The van der Waals surface area contributed by atoms with Crippen molar-refractivity contribution >= 4 is 47.9 Å². The molecule has 25 heavy (non-hydrogen) atoms. The average molecular weight is 408 g/mol. The van der Waals surface area contributed by atoms with E-state index < -0.39 is 24.1 Å². The van der Waals surface area contributed by atoms with Gasteiger partial charge in [0.25, 0.3) is 0 Å². The number of hydrogen-bond donors (Lipinski definition) is 0. The van der Waals surface area contributed by atoms with Crippen LogP contribution in [0.1, 0.15) is 52.4 Å². The fraction of sp³-hybridized carbons (Fsp3) is 0.588. The van der Waals surface area contributed by atoms with Gasteiger partial charge in [-0.05, 0) is 52.3 Å². The first-order valence-electron chi connectivity index (χ1n) is 8.14. The van der Waals surface area contributed by atoms with Gasteiger partial charge in [-0.2, -0.15) is 0 Å². The third-order valence-corrected chi connectivity index (χ3v) is 5.75. The number of carbonyl (C=O) groups excluding carboxylic acids is 1. The van der Waals surface area contributed by atoms with E-state index in [4.69, 9.17) is 48.8 Å². The summed E-state index contributed by atoms with van der Waals surface area (Å²) in [6.07, 6.45) is 0.0427. The molecule has 1 fully saturated rings. The second-order valence-electron chi connectivity index (χ2n) is 7.03. The molecular weight excluding hydrogens is 385 g/mol. The first-order valence-corrected chi connectivity index (χ1v) is 9.27. The number of benzene rings is 1. The van der Waals surface area contributed by atoms with Crippen molar-refractivity contribution in [2.45, 2.75) is 58.1 Å². The summed E-state index contributed by atoms with van der Waals surface area (Å²) in [4.78, 5) is 12.1. The Labute approximate surface area is 164 Å². The maximum absolute atomic E-state index is 12.1. The molecule has 4 nitrogen and oxygen atoms in total. The molecule has 1 unspecified atom stereocenters. The van der Waals surface area contributed by atoms with Crippen molar-refractivity contribution < 1.29 is 18.8 Å². The lowest BCUT2D eigenvalue weighted by Gasteiger charge is -2.32. The largest absolute Gasteiger partial charge is 0.466 e. The Bertz CT molecular complexity index is 648. The van der Waals surface area contributed by atoms with Gasteiger partial charge in [0.15, 0.2) is 0 Å². The molecule has 0 bridgehead atoms. The molecule has 1 aliphatic rings. The molecule has 0 aromatic heterocycles. The smallest absolute Gasteiger partial charge is 0.466 e. The normalized spacial score (nSPS) is 19.8. The highest BCUT2D eigenvalue weighted by Crippen LogP contribution is 2.44. The molecule has 1 saturated heterocycles. The summed E-state index contributed by atoms with van der Waals surface area (Å²) < 4.78 is 17.3. The van der Waals surface area contributed by atoms with Crippen molar-refractivity contribution in [3.63, 3.8) is 0 Å². The average Bonchev–Trinajstić information content (AvgIpc) is 2.69. The molecule has 0 N–H and O–H groups in total. The van der Waals surface area contributed by atoms with Crippen LogP contribution in [0.25, 0.3) is 0 Å². The van der Waals surface area contributed by atoms with Gasteiger partial charge in [-0.3, -0.25) is 4.79 Å².